The molecule has 1 aliphatic heterocycles. The van der Waals surface area contributed by atoms with Gasteiger partial charge >= 0.3 is 0 Å². The maximum absolute atomic E-state index is 12.6. The molecule has 7 heteroatoms. The molecule has 2 aromatic rings. The molecule has 1 fully saturated rings. The van der Waals surface area contributed by atoms with Crippen LogP contribution in [-0.2, 0) is 14.8 Å². The maximum atomic E-state index is 12.6. The van der Waals surface area contributed by atoms with Gasteiger partial charge in [-0.3, -0.25) is 0 Å². The zero-order chi connectivity index (χ0) is 17.0. The molecule has 5 nitrogen and oxygen atoms in total. The third-order valence-corrected chi connectivity index (χ3v) is 6.87. The van der Waals surface area contributed by atoms with Crippen LogP contribution in [0, 0.1) is 0 Å². The summed E-state index contributed by atoms with van der Waals surface area (Å²) in [6.45, 7) is 3.78. The number of rotatable bonds is 5. The minimum atomic E-state index is -3.48. The average Bonchev–Trinajstić information content (AvgIpc) is 2.63. The van der Waals surface area contributed by atoms with Gasteiger partial charge in [0.1, 0.15) is 4.90 Å². The third-order valence-electron chi connectivity index (χ3n) is 3.88. The van der Waals surface area contributed by atoms with Crippen LogP contribution < -0.4 is 0 Å². The molecule has 0 N–H and O–H groups in total. The lowest BCUT2D eigenvalue weighted by Gasteiger charge is -2.25. The van der Waals surface area contributed by atoms with Crippen molar-refractivity contribution in [1.82, 2.24) is 9.29 Å². The van der Waals surface area contributed by atoms with Crippen LogP contribution >= 0.6 is 11.8 Å². The van der Waals surface area contributed by atoms with Gasteiger partial charge in [-0.05, 0) is 24.6 Å². The van der Waals surface area contributed by atoms with Gasteiger partial charge in [0.25, 0.3) is 0 Å². The maximum Gasteiger partial charge on any atom is 0.244 e. The second-order valence-electron chi connectivity index (χ2n) is 5.52. The van der Waals surface area contributed by atoms with E-state index >= 15 is 0 Å². The third kappa shape index (κ3) is 3.97. The molecule has 0 saturated carbocycles. The molecule has 1 atom stereocenters. The summed E-state index contributed by atoms with van der Waals surface area (Å²) >= 11 is 1.61. The number of benzene rings is 1. The highest BCUT2D eigenvalue weighted by Crippen LogP contribution is 2.33. The molecule has 0 amide bonds. The van der Waals surface area contributed by atoms with Crippen LogP contribution in [0.25, 0.3) is 0 Å². The Bertz CT molecular complexity index is 758. The van der Waals surface area contributed by atoms with Gasteiger partial charge in [0, 0.05) is 24.5 Å². The van der Waals surface area contributed by atoms with Crippen molar-refractivity contribution in [3.8, 4) is 0 Å². The van der Waals surface area contributed by atoms with E-state index < -0.39 is 10.0 Å². The number of nitrogens with zero attached hydrogens (tertiary/aromatic N) is 2. The van der Waals surface area contributed by atoms with Gasteiger partial charge in [-0.2, -0.15) is 4.31 Å². The summed E-state index contributed by atoms with van der Waals surface area (Å²) in [5.74, 6) is 0. The van der Waals surface area contributed by atoms with E-state index in [0.717, 1.165) is 5.03 Å². The minimum absolute atomic E-state index is 0.237. The monoisotopic (exact) mass is 364 g/mol. The van der Waals surface area contributed by atoms with E-state index in [1.165, 1.54) is 16.1 Å². The molecule has 1 unspecified atom stereocenters. The first-order valence-electron chi connectivity index (χ1n) is 7.83. The second-order valence-corrected chi connectivity index (χ2v) is 8.82. The normalized spacial score (nSPS) is 17.5. The molecule has 1 aliphatic rings. The zero-order valence-electron chi connectivity index (χ0n) is 13.5. The van der Waals surface area contributed by atoms with Crippen molar-refractivity contribution in [1.29, 1.82) is 0 Å². The van der Waals surface area contributed by atoms with Crippen molar-refractivity contribution in [2.45, 2.75) is 22.1 Å². The van der Waals surface area contributed by atoms with Crippen molar-refractivity contribution in [3.63, 3.8) is 0 Å². The van der Waals surface area contributed by atoms with E-state index in [9.17, 15) is 8.42 Å². The van der Waals surface area contributed by atoms with Gasteiger partial charge < -0.3 is 4.74 Å². The standard InChI is InChI=1S/C17H20N2O3S2/c1-14(15-5-3-2-4-6-15)23-17-8-7-16(13-18-17)24(20,21)19-9-11-22-12-10-19/h2-8,13-14H,9-12H2,1H3. The van der Waals surface area contributed by atoms with Gasteiger partial charge in [-0.1, -0.05) is 42.1 Å². The van der Waals surface area contributed by atoms with Crippen molar-refractivity contribution in [3.05, 3.63) is 54.2 Å². The lowest BCUT2D eigenvalue weighted by molar-refractivity contribution is 0.0730. The Morgan fingerprint density at radius 1 is 1.12 bits per heavy atom. The van der Waals surface area contributed by atoms with Gasteiger partial charge in [0.2, 0.25) is 10.0 Å². The fourth-order valence-electron chi connectivity index (χ4n) is 2.50. The van der Waals surface area contributed by atoms with Crippen LogP contribution in [0.4, 0.5) is 0 Å². The second kappa shape index (κ2) is 7.65. The summed E-state index contributed by atoms with van der Waals surface area (Å²) < 4.78 is 31.8. The average molecular weight is 364 g/mol. The van der Waals surface area contributed by atoms with Crippen LogP contribution in [0.1, 0.15) is 17.7 Å². The van der Waals surface area contributed by atoms with Crippen LogP contribution in [0.5, 0.6) is 0 Å². The summed E-state index contributed by atoms with van der Waals surface area (Å²) in [7, 11) is -3.48. The molecular weight excluding hydrogens is 344 g/mol. The molecule has 0 aliphatic carbocycles. The van der Waals surface area contributed by atoms with Crippen molar-refractivity contribution < 1.29 is 13.2 Å². The SMILES string of the molecule is CC(Sc1ccc(S(=O)(=O)N2CCOCC2)cn1)c1ccccc1. The summed E-state index contributed by atoms with van der Waals surface area (Å²) in [4.78, 5) is 4.57. The first-order chi connectivity index (χ1) is 11.6. The number of morpholine rings is 1. The number of hydrogen-bond acceptors (Lipinski definition) is 5. The van der Waals surface area contributed by atoms with E-state index in [4.69, 9.17) is 4.74 Å². The molecule has 3 rings (SSSR count). The predicted octanol–water partition coefficient (Wildman–Crippen LogP) is 2.96. The largest absolute Gasteiger partial charge is 0.379 e. The van der Waals surface area contributed by atoms with Gasteiger partial charge in [-0.25, -0.2) is 13.4 Å². The van der Waals surface area contributed by atoms with E-state index in [0.29, 0.717) is 26.3 Å². The molecular formula is C17H20N2O3S2. The Morgan fingerprint density at radius 2 is 1.83 bits per heavy atom. The molecule has 0 spiro atoms. The van der Waals surface area contributed by atoms with Crippen molar-refractivity contribution >= 4 is 21.8 Å². The Labute approximate surface area is 147 Å². The van der Waals surface area contributed by atoms with Crippen LogP contribution in [-0.4, -0.2) is 44.0 Å². The number of thioether (sulfide) groups is 1. The highest BCUT2D eigenvalue weighted by atomic mass is 32.2. The van der Waals surface area contributed by atoms with Gasteiger partial charge in [-0.15, -0.1) is 0 Å². The van der Waals surface area contributed by atoms with Crippen molar-refractivity contribution in [2.75, 3.05) is 26.3 Å². The zero-order valence-corrected chi connectivity index (χ0v) is 15.1. The summed E-state index contributed by atoms with van der Waals surface area (Å²) in [5, 5.41) is 1.06. The van der Waals surface area contributed by atoms with E-state index in [2.05, 4.69) is 24.0 Å². The lowest BCUT2D eigenvalue weighted by atomic mass is 10.2. The Balaban J connectivity index is 1.71. The molecule has 128 valence electrons. The van der Waals surface area contributed by atoms with Gasteiger partial charge in [0.05, 0.1) is 18.2 Å². The number of ether oxygens (including phenoxy) is 1. The van der Waals surface area contributed by atoms with Crippen LogP contribution in [0.3, 0.4) is 0 Å². The van der Waals surface area contributed by atoms with Crippen LogP contribution in [0.2, 0.25) is 0 Å². The first-order valence-corrected chi connectivity index (χ1v) is 10.1. The number of pyridine rings is 1. The smallest absolute Gasteiger partial charge is 0.244 e. The molecule has 1 saturated heterocycles. The topological polar surface area (TPSA) is 59.5 Å². The number of hydrogen-bond donors (Lipinski definition) is 0. The van der Waals surface area contributed by atoms with E-state index in [-0.39, 0.29) is 10.1 Å². The molecule has 0 radical (unpaired) electrons. The first kappa shape index (κ1) is 17.4. The fraction of sp³-hybridized carbons (Fsp3) is 0.353. The van der Waals surface area contributed by atoms with Gasteiger partial charge in [0.15, 0.2) is 0 Å². The number of sulfonamides is 1. The number of aromatic nitrogens is 1. The van der Waals surface area contributed by atoms with Crippen LogP contribution in [0.15, 0.2) is 58.6 Å². The molecule has 0 bridgehead atoms. The molecule has 2 heterocycles. The Morgan fingerprint density at radius 3 is 2.46 bits per heavy atom. The highest BCUT2D eigenvalue weighted by Gasteiger charge is 2.26. The summed E-state index contributed by atoms with van der Waals surface area (Å²) in [6.07, 6.45) is 1.45. The fourth-order valence-corrected chi connectivity index (χ4v) is 4.77. The molecule has 1 aromatic heterocycles. The van der Waals surface area contributed by atoms with Crippen molar-refractivity contribution in [2.24, 2.45) is 0 Å². The highest BCUT2D eigenvalue weighted by molar-refractivity contribution is 7.99. The molecule has 1 aromatic carbocycles. The summed E-state index contributed by atoms with van der Waals surface area (Å²) in [6, 6.07) is 13.6. The lowest BCUT2D eigenvalue weighted by Crippen LogP contribution is -2.40. The minimum Gasteiger partial charge on any atom is -0.379 e. The molecule has 24 heavy (non-hydrogen) atoms. The summed E-state index contributed by atoms with van der Waals surface area (Å²) in [5.41, 5.74) is 1.22. The predicted molar refractivity (Wildman–Crippen MR) is 94.5 cm³/mol. The van der Waals surface area contributed by atoms with E-state index in [1.807, 2.05) is 18.2 Å². The Kier molecular flexibility index (Phi) is 5.55. The Hall–Kier alpha value is -1.41. The van der Waals surface area contributed by atoms with E-state index in [1.54, 1.807) is 23.9 Å². The quantitative estimate of drug-likeness (QED) is 0.764.